The summed E-state index contributed by atoms with van der Waals surface area (Å²) in [6.07, 6.45) is 2.19. The summed E-state index contributed by atoms with van der Waals surface area (Å²) in [5, 5.41) is 3.20. The first-order valence-electron chi connectivity index (χ1n) is 5.88. The Labute approximate surface area is 107 Å². The molecule has 1 aliphatic heterocycles. The average molecular weight is 270 g/mol. The third kappa shape index (κ3) is 2.94. The molecule has 0 aliphatic carbocycles. The van der Waals surface area contributed by atoms with Crippen LogP contribution in [0.3, 0.4) is 0 Å². The molecule has 1 aliphatic rings. The van der Waals surface area contributed by atoms with Crippen LogP contribution in [0.25, 0.3) is 0 Å². The smallest absolute Gasteiger partial charge is 0.177 e. The number of sulfone groups is 1. The van der Waals surface area contributed by atoms with Crippen LogP contribution in [0.2, 0.25) is 0 Å². The summed E-state index contributed by atoms with van der Waals surface area (Å²) in [5.41, 5.74) is 6.84. The second-order valence-electron chi connectivity index (χ2n) is 4.60. The van der Waals surface area contributed by atoms with Crippen LogP contribution >= 0.6 is 0 Å². The SMILES string of the molecule is CS(=O)(=O)c1cccc(NCC2CCOC2)c1N. The molecule has 1 fully saturated rings. The van der Waals surface area contributed by atoms with Crippen LogP contribution in [-0.4, -0.2) is 34.4 Å². The normalized spacial score (nSPS) is 19.9. The predicted molar refractivity (Wildman–Crippen MR) is 71.4 cm³/mol. The fraction of sp³-hybridized carbons (Fsp3) is 0.500. The Bertz CT molecular complexity index is 522. The predicted octanol–water partition coefficient (Wildman–Crippen LogP) is 1.12. The number of rotatable bonds is 4. The number of nitrogen functional groups attached to an aromatic ring is 1. The first-order chi connectivity index (χ1) is 8.48. The summed E-state index contributed by atoms with van der Waals surface area (Å²) in [7, 11) is -3.28. The number of benzene rings is 1. The zero-order valence-corrected chi connectivity index (χ0v) is 11.2. The van der Waals surface area contributed by atoms with Crippen molar-refractivity contribution >= 4 is 21.2 Å². The van der Waals surface area contributed by atoms with Gasteiger partial charge in [0.2, 0.25) is 0 Å². The Hall–Kier alpha value is -1.27. The lowest BCUT2D eigenvalue weighted by atomic mass is 10.1. The highest BCUT2D eigenvalue weighted by atomic mass is 32.2. The van der Waals surface area contributed by atoms with E-state index in [-0.39, 0.29) is 4.90 Å². The van der Waals surface area contributed by atoms with Gasteiger partial charge in [-0.05, 0) is 18.6 Å². The minimum atomic E-state index is -3.28. The van der Waals surface area contributed by atoms with E-state index >= 15 is 0 Å². The van der Waals surface area contributed by atoms with E-state index in [0.29, 0.717) is 17.3 Å². The number of nitrogens with one attached hydrogen (secondary N) is 1. The summed E-state index contributed by atoms with van der Waals surface area (Å²) in [6.45, 7) is 2.29. The zero-order chi connectivity index (χ0) is 13.2. The molecule has 0 aromatic heterocycles. The molecule has 0 amide bonds. The van der Waals surface area contributed by atoms with Crippen molar-refractivity contribution in [2.24, 2.45) is 5.92 Å². The van der Waals surface area contributed by atoms with Crippen molar-refractivity contribution in [3.05, 3.63) is 18.2 Å². The zero-order valence-electron chi connectivity index (χ0n) is 10.3. The van der Waals surface area contributed by atoms with Gasteiger partial charge in [-0.15, -0.1) is 0 Å². The van der Waals surface area contributed by atoms with Gasteiger partial charge in [0, 0.05) is 25.3 Å². The lowest BCUT2D eigenvalue weighted by molar-refractivity contribution is 0.187. The lowest BCUT2D eigenvalue weighted by Gasteiger charge is -2.14. The number of para-hydroxylation sites is 1. The van der Waals surface area contributed by atoms with Crippen molar-refractivity contribution in [3.63, 3.8) is 0 Å². The molecule has 1 saturated heterocycles. The van der Waals surface area contributed by atoms with Gasteiger partial charge in [0.25, 0.3) is 0 Å². The average Bonchev–Trinajstić information content (AvgIpc) is 2.79. The van der Waals surface area contributed by atoms with Crippen LogP contribution in [0, 0.1) is 5.92 Å². The Kier molecular flexibility index (Phi) is 3.77. The highest BCUT2D eigenvalue weighted by molar-refractivity contribution is 7.90. The minimum absolute atomic E-state index is 0.176. The molecule has 0 spiro atoms. The monoisotopic (exact) mass is 270 g/mol. The lowest BCUT2D eigenvalue weighted by Crippen LogP contribution is -2.15. The Morgan fingerprint density at radius 1 is 1.50 bits per heavy atom. The molecule has 18 heavy (non-hydrogen) atoms. The van der Waals surface area contributed by atoms with Crippen molar-refractivity contribution in [1.29, 1.82) is 0 Å². The standard InChI is InChI=1S/C12H18N2O3S/c1-18(15,16)11-4-2-3-10(12(11)13)14-7-9-5-6-17-8-9/h2-4,9,14H,5-8,13H2,1H3. The van der Waals surface area contributed by atoms with E-state index in [1.54, 1.807) is 12.1 Å². The molecule has 2 rings (SSSR count). The fourth-order valence-electron chi connectivity index (χ4n) is 2.02. The molecule has 3 N–H and O–H groups in total. The Morgan fingerprint density at radius 3 is 2.89 bits per heavy atom. The first kappa shape index (κ1) is 13.2. The molecule has 100 valence electrons. The van der Waals surface area contributed by atoms with Crippen LogP contribution in [0.1, 0.15) is 6.42 Å². The summed E-state index contributed by atoms with van der Waals surface area (Å²) in [6, 6.07) is 5.01. The molecule has 0 bridgehead atoms. The first-order valence-corrected chi connectivity index (χ1v) is 7.78. The van der Waals surface area contributed by atoms with Gasteiger partial charge in [-0.3, -0.25) is 0 Å². The molecule has 5 nitrogen and oxygen atoms in total. The maximum atomic E-state index is 11.5. The van der Waals surface area contributed by atoms with Gasteiger partial charge in [-0.1, -0.05) is 6.07 Å². The van der Waals surface area contributed by atoms with Gasteiger partial charge in [-0.2, -0.15) is 0 Å². The van der Waals surface area contributed by atoms with Crippen molar-refractivity contribution < 1.29 is 13.2 Å². The Balaban J connectivity index is 2.13. The van der Waals surface area contributed by atoms with E-state index in [4.69, 9.17) is 10.5 Å². The molecule has 6 heteroatoms. The van der Waals surface area contributed by atoms with Gasteiger partial charge in [0.1, 0.15) is 0 Å². The third-order valence-corrected chi connectivity index (χ3v) is 4.23. The number of hydrogen-bond acceptors (Lipinski definition) is 5. The Morgan fingerprint density at radius 2 is 2.28 bits per heavy atom. The van der Waals surface area contributed by atoms with E-state index in [2.05, 4.69) is 5.32 Å². The highest BCUT2D eigenvalue weighted by Crippen LogP contribution is 2.27. The summed E-state index contributed by atoms with van der Waals surface area (Å²) in [4.78, 5) is 0.176. The number of anilines is 2. The van der Waals surface area contributed by atoms with Gasteiger partial charge in [-0.25, -0.2) is 8.42 Å². The summed E-state index contributed by atoms with van der Waals surface area (Å²) < 4.78 is 28.4. The molecule has 1 aromatic carbocycles. The van der Waals surface area contributed by atoms with Crippen molar-refractivity contribution in [1.82, 2.24) is 0 Å². The van der Waals surface area contributed by atoms with Crippen LogP contribution in [0.15, 0.2) is 23.1 Å². The maximum Gasteiger partial charge on any atom is 0.177 e. The third-order valence-electron chi connectivity index (χ3n) is 3.07. The van der Waals surface area contributed by atoms with Gasteiger partial charge in [0.15, 0.2) is 9.84 Å². The number of nitrogens with two attached hydrogens (primary N) is 1. The van der Waals surface area contributed by atoms with Crippen LogP contribution in [0.5, 0.6) is 0 Å². The molecular weight excluding hydrogens is 252 g/mol. The number of hydrogen-bond donors (Lipinski definition) is 2. The highest BCUT2D eigenvalue weighted by Gasteiger charge is 2.17. The molecule has 1 heterocycles. The quantitative estimate of drug-likeness (QED) is 0.801. The van der Waals surface area contributed by atoms with E-state index in [9.17, 15) is 8.42 Å². The fourth-order valence-corrected chi connectivity index (χ4v) is 2.86. The van der Waals surface area contributed by atoms with Crippen LogP contribution < -0.4 is 11.1 Å². The topological polar surface area (TPSA) is 81.4 Å². The van der Waals surface area contributed by atoms with Crippen molar-refractivity contribution in [2.75, 3.05) is 37.1 Å². The second-order valence-corrected chi connectivity index (χ2v) is 6.58. The molecule has 1 atom stereocenters. The summed E-state index contributed by atoms with van der Waals surface area (Å²) >= 11 is 0. The maximum absolute atomic E-state index is 11.5. The van der Waals surface area contributed by atoms with Gasteiger partial charge in [0.05, 0.1) is 22.9 Å². The van der Waals surface area contributed by atoms with E-state index < -0.39 is 9.84 Å². The molecule has 0 radical (unpaired) electrons. The largest absolute Gasteiger partial charge is 0.396 e. The van der Waals surface area contributed by atoms with Crippen LogP contribution in [-0.2, 0) is 14.6 Å². The van der Waals surface area contributed by atoms with E-state index in [1.807, 2.05) is 0 Å². The van der Waals surface area contributed by atoms with E-state index in [0.717, 1.165) is 32.4 Å². The van der Waals surface area contributed by atoms with Gasteiger partial charge < -0.3 is 15.8 Å². The van der Waals surface area contributed by atoms with Crippen molar-refractivity contribution in [2.45, 2.75) is 11.3 Å². The number of ether oxygens (including phenoxy) is 1. The second kappa shape index (κ2) is 5.16. The molecule has 0 saturated carbocycles. The van der Waals surface area contributed by atoms with Crippen LogP contribution in [0.4, 0.5) is 11.4 Å². The molecule has 1 unspecified atom stereocenters. The molecular formula is C12H18N2O3S. The van der Waals surface area contributed by atoms with Gasteiger partial charge >= 0.3 is 0 Å². The minimum Gasteiger partial charge on any atom is -0.396 e. The van der Waals surface area contributed by atoms with Crippen molar-refractivity contribution in [3.8, 4) is 0 Å². The van der Waals surface area contributed by atoms with E-state index in [1.165, 1.54) is 6.07 Å². The summed E-state index contributed by atoms with van der Waals surface area (Å²) in [5.74, 6) is 0.464. The molecule has 1 aromatic rings.